The minimum absolute atomic E-state index is 0.00530. The van der Waals surface area contributed by atoms with Crippen LogP contribution in [0.1, 0.15) is 56.3 Å². The van der Waals surface area contributed by atoms with E-state index >= 15 is 0 Å². The first kappa shape index (κ1) is 15.5. The Morgan fingerprint density at radius 2 is 1.95 bits per heavy atom. The third-order valence-electron chi connectivity index (χ3n) is 4.14. The fourth-order valence-corrected chi connectivity index (χ4v) is 2.97. The van der Waals surface area contributed by atoms with E-state index in [0.29, 0.717) is 23.8 Å². The SMILES string of the molecule is CCN(C(=O)Nc1cccc(C(C)=O)c1)C1CCCCC1. The van der Waals surface area contributed by atoms with E-state index in [2.05, 4.69) is 5.32 Å². The van der Waals surface area contributed by atoms with Gasteiger partial charge in [0.15, 0.2) is 5.78 Å². The molecule has 1 N–H and O–H groups in total. The Hall–Kier alpha value is -1.84. The van der Waals surface area contributed by atoms with Gasteiger partial charge >= 0.3 is 6.03 Å². The van der Waals surface area contributed by atoms with Gasteiger partial charge in [-0.15, -0.1) is 0 Å². The Kier molecular flexibility index (Phi) is 5.37. The zero-order chi connectivity index (χ0) is 15.2. The number of Topliss-reactive ketones (excluding diaryl/α,β-unsaturated/α-hetero) is 1. The normalized spacial score (nSPS) is 15.5. The number of anilines is 1. The van der Waals surface area contributed by atoms with E-state index < -0.39 is 0 Å². The average molecular weight is 288 g/mol. The lowest BCUT2D eigenvalue weighted by molar-refractivity contribution is 0.101. The van der Waals surface area contributed by atoms with Crippen LogP contribution < -0.4 is 5.32 Å². The van der Waals surface area contributed by atoms with Gasteiger partial charge in [-0.3, -0.25) is 4.79 Å². The van der Waals surface area contributed by atoms with Crippen molar-refractivity contribution in [2.24, 2.45) is 0 Å². The van der Waals surface area contributed by atoms with Crippen molar-refractivity contribution in [3.05, 3.63) is 29.8 Å². The number of urea groups is 1. The van der Waals surface area contributed by atoms with Crippen molar-refractivity contribution in [2.45, 2.75) is 52.0 Å². The van der Waals surface area contributed by atoms with Crippen molar-refractivity contribution in [2.75, 3.05) is 11.9 Å². The Labute approximate surface area is 126 Å². The Bertz CT molecular complexity index is 507. The summed E-state index contributed by atoms with van der Waals surface area (Å²) < 4.78 is 0. The smallest absolute Gasteiger partial charge is 0.322 e. The summed E-state index contributed by atoms with van der Waals surface area (Å²) in [6.07, 6.45) is 5.86. The van der Waals surface area contributed by atoms with E-state index in [1.165, 1.54) is 26.2 Å². The number of rotatable bonds is 4. The molecule has 1 saturated carbocycles. The molecule has 1 aliphatic carbocycles. The molecule has 1 aromatic carbocycles. The van der Waals surface area contributed by atoms with Gasteiger partial charge in [-0.2, -0.15) is 0 Å². The molecule has 0 heterocycles. The third kappa shape index (κ3) is 4.06. The topological polar surface area (TPSA) is 49.4 Å². The second-order valence-corrected chi connectivity index (χ2v) is 5.64. The highest BCUT2D eigenvalue weighted by Gasteiger charge is 2.24. The van der Waals surface area contributed by atoms with Gasteiger partial charge in [-0.05, 0) is 38.8 Å². The van der Waals surface area contributed by atoms with Gasteiger partial charge in [0.1, 0.15) is 0 Å². The minimum atomic E-state index is -0.0647. The van der Waals surface area contributed by atoms with Gasteiger partial charge in [-0.25, -0.2) is 4.79 Å². The zero-order valence-electron chi connectivity index (χ0n) is 12.9. The molecule has 0 aliphatic heterocycles. The molecule has 0 atom stereocenters. The summed E-state index contributed by atoms with van der Waals surface area (Å²) >= 11 is 0. The molecule has 4 heteroatoms. The van der Waals surface area contributed by atoms with Crippen LogP contribution in [-0.4, -0.2) is 29.3 Å². The molecule has 0 aromatic heterocycles. The quantitative estimate of drug-likeness (QED) is 0.849. The van der Waals surface area contributed by atoms with Gasteiger partial charge in [0.2, 0.25) is 0 Å². The molecule has 1 aliphatic rings. The van der Waals surface area contributed by atoms with Gasteiger partial charge in [0.05, 0.1) is 0 Å². The summed E-state index contributed by atoms with van der Waals surface area (Å²) in [5.41, 5.74) is 1.30. The third-order valence-corrected chi connectivity index (χ3v) is 4.14. The van der Waals surface area contributed by atoms with Gasteiger partial charge < -0.3 is 10.2 Å². The van der Waals surface area contributed by atoms with Crippen molar-refractivity contribution < 1.29 is 9.59 Å². The predicted molar refractivity (Wildman–Crippen MR) is 84.7 cm³/mol. The maximum Gasteiger partial charge on any atom is 0.322 e. The highest BCUT2D eigenvalue weighted by atomic mass is 16.2. The number of nitrogens with one attached hydrogen (secondary N) is 1. The van der Waals surface area contributed by atoms with Gasteiger partial charge in [0.25, 0.3) is 0 Å². The lowest BCUT2D eigenvalue weighted by Gasteiger charge is -2.33. The summed E-state index contributed by atoms with van der Waals surface area (Å²) in [6.45, 7) is 4.25. The number of ketones is 1. The minimum Gasteiger partial charge on any atom is -0.322 e. The van der Waals surface area contributed by atoms with E-state index in [9.17, 15) is 9.59 Å². The average Bonchev–Trinajstić information content (AvgIpc) is 2.49. The van der Waals surface area contributed by atoms with Crippen LogP contribution in [0, 0.1) is 0 Å². The number of carbonyl (C=O) groups excluding carboxylic acids is 2. The van der Waals surface area contributed by atoms with Crippen molar-refractivity contribution in [3.8, 4) is 0 Å². The molecule has 0 radical (unpaired) electrons. The van der Waals surface area contributed by atoms with Crippen molar-refractivity contribution >= 4 is 17.5 Å². The molecule has 0 bridgehead atoms. The molecule has 21 heavy (non-hydrogen) atoms. The monoisotopic (exact) mass is 288 g/mol. The number of nitrogens with zero attached hydrogens (tertiary/aromatic N) is 1. The van der Waals surface area contributed by atoms with Crippen LogP contribution in [0.2, 0.25) is 0 Å². The fraction of sp³-hybridized carbons (Fsp3) is 0.529. The molecule has 114 valence electrons. The van der Waals surface area contributed by atoms with Crippen molar-refractivity contribution in [3.63, 3.8) is 0 Å². The Balaban J connectivity index is 2.04. The highest BCUT2D eigenvalue weighted by molar-refractivity contribution is 5.96. The number of hydrogen-bond donors (Lipinski definition) is 1. The molecule has 0 saturated heterocycles. The summed E-state index contributed by atoms with van der Waals surface area (Å²) in [5.74, 6) is 0.00530. The van der Waals surface area contributed by atoms with Crippen molar-refractivity contribution in [1.29, 1.82) is 0 Å². The molecule has 2 rings (SSSR count). The molecular formula is C17H24N2O2. The number of hydrogen-bond acceptors (Lipinski definition) is 2. The number of carbonyl (C=O) groups is 2. The Morgan fingerprint density at radius 3 is 2.57 bits per heavy atom. The fourth-order valence-electron chi connectivity index (χ4n) is 2.97. The summed E-state index contributed by atoms with van der Waals surface area (Å²) in [4.78, 5) is 25.8. The lowest BCUT2D eigenvalue weighted by atomic mass is 9.94. The maximum absolute atomic E-state index is 12.5. The van der Waals surface area contributed by atoms with E-state index in [0.717, 1.165) is 12.8 Å². The van der Waals surface area contributed by atoms with Crippen LogP contribution in [0.5, 0.6) is 0 Å². The summed E-state index contributed by atoms with van der Waals surface area (Å²) in [6, 6.07) is 7.39. The highest BCUT2D eigenvalue weighted by Crippen LogP contribution is 2.23. The van der Waals surface area contributed by atoms with Gasteiger partial charge in [0, 0.05) is 23.8 Å². The van der Waals surface area contributed by atoms with Crippen LogP contribution in [0.15, 0.2) is 24.3 Å². The van der Waals surface area contributed by atoms with Crippen LogP contribution in [0.4, 0.5) is 10.5 Å². The van der Waals surface area contributed by atoms with E-state index in [4.69, 9.17) is 0 Å². The lowest BCUT2D eigenvalue weighted by Crippen LogP contribution is -2.43. The molecule has 4 nitrogen and oxygen atoms in total. The van der Waals surface area contributed by atoms with Crippen LogP contribution in [0.25, 0.3) is 0 Å². The zero-order valence-corrected chi connectivity index (χ0v) is 12.9. The van der Waals surface area contributed by atoms with E-state index in [-0.39, 0.29) is 11.8 Å². The molecule has 1 fully saturated rings. The first-order valence-electron chi connectivity index (χ1n) is 7.80. The maximum atomic E-state index is 12.5. The molecule has 0 spiro atoms. The van der Waals surface area contributed by atoms with E-state index in [1.807, 2.05) is 17.9 Å². The second kappa shape index (κ2) is 7.25. The van der Waals surface area contributed by atoms with Crippen LogP contribution in [0.3, 0.4) is 0 Å². The van der Waals surface area contributed by atoms with E-state index in [1.54, 1.807) is 18.2 Å². The van der Waals surface area contributed by atoms with Crippen LogP contribution in [-0.2, 0) is 0 Å². The first-order chi connectivity index (χ1) is 10.1. The standard InChI is InChI=1S/C17H24N2O2/c1-3-19(16-10-5-4-6-11-16)17(21)18-15-9-7-8-14(12-15)13(2)20/h7-9,12,16H,3-6,10-11H2,1-2H3,(H,18,21). The number of benzene rings is 1. The molecular weight excluding hydrogens is 264 g/mol. The van der Waals surface area contributed by atoms with Crippen LogP contribution >= 0.6 is 0 Å². The molecule has 2 amide bonds. The van der Waals surface area contributed by atoms with Gasteiger partial charge in [-0.1, -0.05) is 31.4 Å². The molecule has 0 unspecified atom stereocenters. The molecule has 1 aromatic rings. The largest absolute Gasteiger partial charge is 0.322 e. The number of amides is 2. The summed E-state index contributed by atoms with van der Waals surface area (Å²) in [7, 11) is 0. The first-order valence-corrected chi connectivity index (χ1v) is 7.80. The Morgan fingerprint density at radius 1 is 1.24 bits per heavy atom. The predicted octanol–water partition coefficient (Wildman–Crippen LogP) is 4.08. The van der Waals surface area contributed by atoms with Crippen molar-refractivity contribution in [1.82, 2.24) is 4.90 Å². The summed E-state index contributed by atoms with van der Waals surface area (Å²) in [5, 5.41) is 2.92. The second-order valence-electron chi connectivity index (χ2n) is 5.64.